The molecule has 60 heavy (non-hydrogen) atoms. The predicted octanol–water partition coefficient (Wildman–Crippen LogP) is 13.9. The molecule has 1 atom stereocenters. The molecule has 0 saturated heterocycles. The highest BCUT2D eigenvalue weighted by Crippen LogP contribution is 2.20. The Labute approximate surface area is 372 Å². The van der Waals surface area contributed by atoms with E-state index in [9.17, 15) is 14.4 Å². The summed E-state index contributed by atoms with van der Waals surface area (Å²) in [6.07, 6.45) is 39.8. The number of hydrogen-bond donors (Lipinski definition) is 1. The number of allylic oxidation sites excluding steroid dienone is 2. The second-order valence-electron chi connectivity index (χ2n) is 17.7. The summed E-state index contributed by atoms with van der Waals surface area (Å²) in [6.45, 7) is 17.0. The van der Waals surface area contributed by atoms with Crippen LogP contribution in [0.3, 0.4) is 0 Å². The molecule has 0 saturated carbocycles. The van der Waals surface area contributed by atoms with Crippen molar-refractivity contribution in [1.29, 1.82) is 0 Å². The van der Waals surface area contributed by atoms with Crippen molar-refractivity contribution in [3.05, 3.63) is 12.2 Å². The number of esters is 3. The second-order valence-corrected chi connectivity index (χ2v) is 17.7. The van der Waals surface area contributed by atoms with Crippen LogP contribution in [0.5, 0.6) is 0 Å². The number of carbonyl (C=O) groups excluding carboxylic acids is 3. The molecule has 0 aliphatic heterocycles. The van der Waals surface area contributed by atoms with Gasteiger partial charge in [-0.15, -0.1) is 0 Å². The van der Waals surface area contributed by atoms with Gasteiger partial charge in [-0.25, -0.2) is 0 Å². The van der Waals surface area contributed by atoms with E-state index in [1.54, 1.807) is 0 Å². The quantitative estimate of drug-likeness (QED) is 0.0280. The van der Waals surface area contributed by atoms with Crippen LogP contribution in [-0.4, -0.2) is 75.4 Å². The zero-order chi connectivity index (χ0) is 44.0. The van der Waals surface area contributed by atoms with Gasteiger partial charge in [0.15, 0.2) is 0 Å². The average Bonchev–Trinajstić information content (AvgIpc) is 3.25. The number of rotatable bonds is 47. The van der Waals surface area contributed by atoms with E-state index in [0.717, 1.165) is 103 Å². The van der Waals surface area contributed by atoms with Gasteiger partial charge in [0.2, 0.25) is 0 Å². The minimum Gasteiger partial charge on any atom is -0.465 e. The molecule has 0 rings (SSSR count). The van der Waals surface area contributed by atoms with E-state index in [4.69, 9.17) is 14.2 Å². The molecule has 0 spiro atoms. The van der Waals surface area contributed by atoms with E-state index in [2.05, 4.69) is 57.0 Å². The third-order valence-corrected chi connectivity index (χ3v) is 11.9. The van der Waals surface area contributed by atoms with Crippen LogP contribution >= 0.6 is 0 Å². The summed E-state index contributed by atoms with van der Waals surface area (Å²) in [7, 11) is 0. The lowest BCUT2D eigenvalue weighted by atomic mass is 9.95. The number of ether oxygens (including phenoxy) is 3. The Balaban J connectivity index is 4.40. The summed E-state index contributed by atoms with van der Waals surface area (Å²) in [4.78, 5) is 40.2. The average molecular weight is 849 g/mol. The molecule has 0 bridgehead atoms. The van der Waals surface area contributed by atoms with Crippen molar-refractivity contribution in [2.45, 2.75) is 240 Å². The summed E-state index contributed by atoms with van der Waals surface area (Å²) in [5.41, 5.74) is 0. The minimum absolute atomic E-state index is 0.0758. The summed E-state index contributed by atoms with van der Waals surface area (Å²) in [5.74, 6) is -0.0360. The normalized spacial score (nSPS) is 12.2. The Hall–Kier alpha value is -1.93. The van der Waals surface area contributed by atoms with Crippen molar-refractivity contribution in [3.63, 3.8) is 0 Å². The zero-order valence-electron chi connectivity index (χ0n) is 40.5. The van der Waals surface area contributed by atoms with E-state index in [-0.39, 0.29) is 37.0 Å². The Kier molecular flexibility index (Phi) is 45.1. The fourth-order valence-electron chi connectivity index (χ4n) is 7.71. The summed E-state index contributed by atoms with van der Waals surface area (Å²) in [5, 5.41) is 3.52. The number of nitrogens with zero attached hydrogens (tertiary/aromatic N) is 1. The minimum atomic E-state index is -0.206. The van der Waals surface area contributed by atoms with Crippen LogP contribution in [0.25, 0.3) is 0 Å². The lowest BCUT2D eigenvalue weighted by molar-refractivity contribution is -0.149. The summed E-state index contributed by atoms with van der Waals surface area (Å²) < 4.78 is 17.1. The first kappa shape index (κ1) is 58.1. The molecule has 1 unspecified atom stereocenters. The molecule has 0 aliphatic carbocycles. The fraction of sp³-hybridized carbons (Fsp3) is 0.904. The van der Waals surface area contributed by atoms with E-state index >= 15 is 0 Å². The highest BCUT2D eigenvalue weighted by Gasteiger charge is 2.16. The molecule has 0 fully saturated rings. The van der Waals surface area contributed by atoms with Crippen molar-refractivity contribution in [3.8, 4) is 0 Å². The largest absolute Gasteiger partial charge is 0.465 e. The lowest BCUT2D eigenvalue weighted by Crippen LogP contribution is -2.32. The second kappa shape index (κ2) is 46.6. The number of carbonyl (C=O) groups is 3. The predicted molar refractivity (Wildman–Crippen MR) is 254 cm³/mol. The van der Waals surface area contributed by atoms with Crippen LogP contribution in [0.4, 0.5) is 0 Å². The Morgan fingerprint density at radius 2 is 0.833 bits per heavy atom. The zero-order valence-corrected chi connectivity index (χ0v) is 40.5. The van der Waals surface area contributed by atoms with Crippen molar-refractivity contribution >= 4 is 17.9 Å². The molecule has 354 valence electrons. The molecule has 0 amide bonds. The molecule has 0 aromatic rings. The van der Waals surface area contributed by atoms with Crippen LogP contribution < -0.4 is 5.32 Å². The third-order valence-electron chi connectivity index (χ3n) is 11.9. The van der Waals surface area contributed by atoms with Gasteiger partial charge in [-0.2, -0.15) is 0 Å². The van der Waals surface area contributed by atoms with E-state index in [1.165, 1.54) is 109 Å². The van der Waals surface area contributed by atoms with E-state index < -0.39 is 0 Å². The standard InChI is InChI=1S/C52H100N2O6/c1-6-11-14-17-18-19-20-21-22-23-24-25-26-27-32-39-51(56)59-46-49(44-53-42-35-36-43-54(9-4)10-5)47-60-52(57)41-34-29-28-33-40-50(55)58-45-48(37-30-15-12-7-2)38-31-16-13-8-3/h21-22,48-49,53H,6-20,23-47H2,1-5H3/b22-21-. The van der Waals surface area contributed by atoms with Crippen molar-refractivity contribution < 1.29 is 28.6 Å². The maximum atomic E-state index is 12.7. The smallest absolute Gasteiger partial charge is 0.305 e. The Morgan fingerprint density at radius 1 is 0.450 bits per heavy atom. The van der Waals surface area contributed by atoms with Crippen LogP contribution in [0.2, 0.25) is 0 Å². The molecular weight excluding hydrogens is 749 g/mol. The molecule has 8 heteroatoms. The number of hydrogen-bond acceptors (Lipinski definition) is 8. The van der Waals surface area contributed by atoms with Crippen LogP contribution in [0.15, 0.2) is 12.2 Å². The molecule has 0 aromatic carbocycles. The van der Waals surface area contributed by atoms with Gasteiger partial charge < -0.3 is 24.4 Å². The first-order chi connectivity index (χ1) is 29.4. The summed E-state index contributed by atoms with van der Waals surface area (Å²) >= 11 is 0. The van der Waals surface area contributed by atoms with Crippen molar-refractivity contribution in [2.24, 2.45) is 11.8 Å². The SMILES string of the molecule is CCCCCCCC/C=C\CCCCCCCC(=O)OCC(CNCCCCN(CC)CC)COC(=O)CCCCCCC(=O)OCC(CCCCCC)CCCCCC. The van der Waals surface area contributed by atoms with Gasteiger partial charge in [0.25, 0.3) is 0 Å². The Morgan fingerprint density at radius 3 is 1.27 bits per heavy atom. The van der Waals surface area contributed by atoms with Gasteiger partial charge in [-0.3, -0.25) is 14.4 Å². The lowest BCUT2D eigenvalue weighted by Gasteiger charge is -2.19. The molecule has 0 radical (unpaired) electrons. The topological polar surface area (TPSA) is 94.2 Å². The monoisotopic (exact) mass is 849 g/mol. The van der Waals surface area contributed by atoms with Crippen molar-refractivity contribution in [1.82, 2.24) is 10.2 Å². The van der Waals surface area contributed by atoms with Crippen LogP contribution in [0.1, 0.15) is 240 Å². The third kappa shape index (κ3) is 41.4. The fourth-order valence-corrected chi connectivity index (χ4v) is 7.71. The molecule has 0 heterocycles. The highest BCUT2D eigenvalue weighted by atomic mass is 16.5. The van der Waals surface area contributed by atoms with Gasteiger partial charge >= 0.3 is 17.9 Å². The maximum absolute atomic E-state index is 12.7. The summed E-state index contributed by atoms with van der Waals surface area (Å²) in [6, 6.07) is 0. The van der Waals surface area contributed by atoms with E-state index in [1.807, 2.05) is 0 Å². The molecule has 1 N–H and O–H groups in total. The molecule has 0 aliphatic rings. The number of nitrogens with one attached hydrogen (secondary N) is 1. The van der Waals surface area contributed by atoms with Gasteiger partial charge in [0, 0.05) is 31.7 Å². The van der Waals surface area contributed by atoms with Crippen LogP contribution in [-0.2, 0) is 28.6 Å². The first-order valence-electron chi connectivity index (χ1n) is 25.9. The van der Waals surface area contributed by atoms with E-state index in [0.29, 0.717) is 38.3 Å². The molecule has 0 aromatic heterocycles. The van der Waals surface area contributed by atoms with Gasteiger partial charge in [-0.05, 0) is 103 Å². The maximum Gasteiger partial charge on any atom is 0.305 e. The first-order valence-corrected chi connectivity index (χ1v) is 25.9. The van der Waals surface area contributed by atoms with Crippen molar-refractivity contribution in [2.75, 3.05) is 52.5 Å². The highest BCUT2D eigenvalue weighted by molar-refractivity contribution is 5.70. The molecular formula is C52H100N2O6. The molecule has 8 nitrogen and oxygen atoms in total. The van der Waals surface area contributed by atoms with Gasteiger partial charge in [-0.1, -0.05) is 162 Å². The number of unbranched alkanes of at least 4 members (excludes halogenated alkanes) is 21. The van der Waals surface area contributed by atoms with Gasteiger partial charge in [0.1, 0.15) is 0 Å². The van der Waals surface area contributed by atoms with Gasteiger partial charge in [0.05, 0.1) is 19.8 Å². The van der Waals surface area contributed by atoms with Crippen LogP contribution in [0, 0.1) is 11.8 Å². The Bertz CT molecular complexity index is 958.